The van der Waals surface area contributed by atoms with Crippen molar-refractivity contribution in [2.75, 3.05) is 5.32 Å². The lowest BCUT2D eigenvalue weighted by atomic mass is 10.1. The smallest absolute Gasteiger partial charge is 0.293 e. The van der Waals surface area contributed by atoms with Crippen LogP contribution in [0.25, 0.3) is 0 Å². The van der Waals surface area contributed by atoms with Crippen molar-refractivity contribution >= 4 is 17.5 Å². The fourth-order valence-electron chi connectivity index (χ4n) is 2.35. The topological polar surface area (TPSA) is 121 Å². The van der Waals surface area contributed by atoms with Crippen LogP contribution in [0, 0.1) is 21.8 Å². The van der Waals surface area contributed by atoms with Gasteiger partial charge in [0.05, 0.1) is 23.9 Å². The van der Waals surface area contributed by atoms with Crippen LogP contribution in [0.4, 0.5) is 16.0 Å². The van der Waals surface area contributed by atoms with Crippen molar-refractivity contribution in [3.63, 3.8) is 0 Å². The van der Waals surface area contributed by atoms with Crippen molar-refractivity contribution in [1.29, 1.82) is 0 Å². The summed E-state index contributed by atoms with van der Waals surface area (Å²) in [4.78, 5) is 26.4. The maximum atomic E-state index is 12.9. The third-order valence-corrected chi connectivity index (χ3v) is 3.77. The molecule has 2 heterocycles. The maximum Gasteiger partial charge on any atom is 0.306 e. The Morgan fingerprint density at radius 2 is 2.07 bits per heavy atom. The molecular formula is C16H16FN7O3. The van der Waals surface area contributed by atoms with Crippen molar-refractivity contribution in [3.05, 3.63) is 64.5 Å². The Morgan fingerprint density at radius 1 is 1.33 bits per heavy atom. The average Bonchev–Trinajstić information content (AvgIpc) is 3.26. The van der Waals surface area contributed by atoms with E-state index in [2.05, 4.69) is 20.5 Å². The van der Waals surface area contributed by atoms with Crippen molar-refractivity contribution in [2.45, 2.75) is 20.0 Å². The lowest BCUT2D eigenvalue weighted by Gasteiger charge is -2.10. The quantitative estimate of drug-likeness (QED) is 0.498. The molecule has 0 saturated carbocycles. The van der Waals surface area contributed by atoms with E-state index < -0.39 is 10.8 Å². The summed E-state index contributed by atoms with van der Waals surface area (Å²) in [6.07, 6.45) is 3.85. The highest BCUT2D eigenvalue weighted by molar-refractivity contribution is 5.90. The van der Waals surface area contributed by atoms with Gasteiger partial charge < -0.3 is 0 Å². The molecular weight excluding hydrogens is 357 g/mol. The highest BCUT2D eigenvalue weighted by Gasteiger charge is 2.18. The first kappa shape index (κ1) is 18.2. The number of rotatable bonds is 7. The molecule has 0 saturated heterocycles. The first-order valence-electron chi connectivity index (χ1n) is 8.02. The molecule has 0 fully saturated rings. The Kier molecular flexibility index (Phi) is 5.20. The molecule has 1 amide bonds. The van der Waals surface area contributed by atoms with Crippen LogP contribution in [-0.2, 0) is 17.9 Å². The molecule has 3 aromatic rings. The van der Waals surface area contributed by atoms with E-state index >= 15 is 0 Å². The minimum Gasteiger partial charge on any atom is -0.293 e. The second-order valence-corrected chi connectivity index (χ2v) is 5.96. The number of benzene rings is 1. The molecule has 1 N–H and O–H groups in total. The van der Waals surface area contributed by atoms with Crippen molar-refractivity contribution < 1.29 is 14.1 Å². The number of nitrogens with one attached hydrogen (secondary N) is 1. The van der Waals surface area contributed by atoms with Gasteiger partial charge in [-0.2, -0.15) is 5.10 Å². The maximum absolute atomic E-state index is 12.9. The first-order valence-corrected chi connectivity index (χ1v) is 8.02. The number of nitro groups is 1. The summed E-state index contributed by atoms with van der Waals surface area (Å²) in [6, 6.07) is 5.99. The van der Waals surface area contributed by atoms with Gasteiger partial charge in [0.1, 0.15) is 24.5 Å². The molecule has 0 bridgehead atoms. The van der Waals surface area contributed by atoms with Crippen molar-refractivity contribution in [1.82, 2.24) is 24.5 Å². The number of aromatic nitrogens is 5. The number of hydrogen-bond donors (Lipinski definition) is 1. The van der Waals surface area contributed by atoms with Crippen LogP contribution in [0.5, 0.6) is 0 Å². The fraction of sp³-hybridized carbons (Fsp3) is 0.250. The molecule has 0 radical (unpaired) electrons. The monoisotopic (exact) mass is 373 g/mol. The van der Waals surface area contributed by atoms with Crippen LogP contribution in [0.1, 0.15) is 12.5 Å². The number of halogens is 1. The number of carbonyl (C=O) groups is 1. The highest BCUT2D eigenvalue weighted by Crippen LogP contribution is 2.11. The predicted octanol–water partition coefficient (Wildman–Crippen LogP) is 1.84. The van der Waals surface area contributed by atoms with Gasteiger partial charge in [0, 0.05) is 0 Å². The SMILES string of the molecule is CC(Cn1cc([N+](=O)[O-])cn1)C(=O)Nc1ncn(Cc2ccc(F)cc2)n1. The molecule has 2 aromatic heterocycles. The van der Waals surface area contributed by atoms with Gasteiger partial charge in [-0.25, -0.2) is 14.1 Å². The number of carbonyl (C=O) groups excluding carboxylic acids is 1. The van der Waals surface area contributed by atoms with Gasteiger partial charge in [-0.15, -0.1) is 5.10 Å². The zero-order chi connectivity index (χ0) is 19.4. The second kappa shape index (κ2) is 7.72. The fourth-order valence-corrected chi connectivity index (χ4v) is 2.35. The van der Waals surface area contributed by atoms with E-state index in [1.54, 1.807) is 19.1 Å². The molecule has 3 rings (SSSR count). The Labute approximate surface area is 152 Å². The highest BCUT2D eigenvalue weighted by atomic mass is 19.1. The zero-order valence-electron chi connectivity index (χ0n) is 14.3. The summed E-state index contributed by atoms with van der Waals surface area (Å²) in [6.45, 7) is 2.23. The van der Waals surface area contributed by atoms with Gasteiger partial charge in [-0.05, 0) is 17.7 Å². The Hall–Kier alpha value is -3.63. The summed E-state index contributed by atoms with van der Waals surface area (Å²) in [5, 5.41) is 21.3. The van der Waals surface area contributed by atoms with Gasteiger partial charge >= 0.3 is 5.69 Å². The van der Waals surface area contributed by atoms with Crippen LogP contribution in [0.3, 0.4) is 0 Å². The molecule has 140 valence electrons. The Balaban J connectivity index is 1.56. The minimum absolute atomic E-state index is 0.135. The van der Waals surface area contributed by atoms with E-state index in [0.29, 0.717) is 6.54 Å². The predicted molar refractivity (Wildman–Crippen MR) is 92.2 cm³/mol. The number of anilines is 1. The number of hydrogen-bond acceptors (Lipinski definition) is 6. The van der Waals surface area contributed by atoms with Gasteiger partial charge in [-0.1, -0.05) is 19.1 Å². The van der Waals surface area contributed by atoms with Gasteiger partial charge in [0.15, 0.2) is 0 Å². The normalized spacial score (nSPS) is 11.9. The van der Waals surface area contributed by atoms with Gasteiger partial charge in [-0.3, -0.25) is 24.9 Å². The third kappa shape index (κ3) is 4.71. The molecule has 27 heavy (non-hydrogen) atoms. The first-order chi connectivity index (χ1) is 12.9. The molecule has 0 aliphatic heterocycles. The summed E-state index contributed by atoms with van der Waals surface area (Å²) in [5.74, 6) is -1.02. The standard InChI is InChI=1S/C16H16FN7O3/c1-11(7-22-9-14(6-19-22)24(26)27)15(25)20-16-18-10-23(21-16)8-12-2-4-13(17)5-3-12/h2-6,9-11H,7-8H2,1H3,(H,20,21,25). The van der Waals surface area contributed by atoms with Gasteiger partial charge in [0.2, 0.25) is 11.9 Å². The lowest BCUT2D eigenvalue weighted by Crippen LogP contribution is -2.25. The van der Waals surface area contributed by atoms with E-state index in [9.17, 15) is 19.3 Å². The molecule has 0 spiro atoms. The second-order valence-electron chi connectivity index (χ2n) is 5.96. The number of amides is 1. The molecule has 10 nitrogen and oxygen atoms in total. The van der Waals surface area contributed by atoms with Crippen LogP contribution in [-0.4, -0.2) is 35.4 Å². The molecule has 1 atom stereocenters. The van der Waals surface area contributed by atoms with Gasteiger partial charge in [0.25, 0.3) is 0 Å². The minimum atomic E-state index is -0.550. The molecule has 0 aliphatic rings. The van der Waals surface area contributed by atoms with Crippen LogP contribution in [0.15, 0.2) is 43.0 Å². The molecule has 1 aromatic carbocycles. The number of nitrogens with zero attached hydrogens (tertiary/aromatic N) is 6. The van der Waals surface area contributed by atoms with E-state index in [1.807, 2.05) is 0 Å². The molecule has 0 aliphatic carbocycles. The van der Waals surface area contributed by atoms with Crippen molar-refractivity contribution in [2.24, 2.45) is 5.92 Å². The van der Waals surface area contributed by atoms with Crippen LogP contribution < -0.4 is 5.32 Å². The summed E-state index contributed by atoms with van der Waals surface area (Å²) in [7, 11) is 0. The van der Waals surface area contributed by atoms with Crippen LogP contribution in [0.2, 0.25) is 0 Å². The third-order valence-electron chi connectivity index (χ3n) is 3.77. The summed E-state index contributed by atoms with van der Waals surface area (Å²) < 4.78 is 15.8. The zero-order valence-corrected chi connectivity index (χ0v) is 14.3. The van der Waals surface area contributed by atoms with Crippen molar-refractivity contribution in [3.8, 4) is 0 Å². The summed E-state index contributed by atoms with van der Waals surface area (Å²) in [5.41, 5.74) is 0.705. The lowest BCUT2D eigenvalue weighted by molar-refractivity contribution is -0.385. The largest absolute Gasteiger partial charge is 0.306 e. The average molecular weight is 373 g/mol. The Bertz CT molecular complexity index is 951. The van der Waals surface area contributed by atoms with E-state index in [4.69, 9.17) is 0 Å². The van der Waals surface area contributed by atoms with Crippen LogP contribution >= 0.6 is 0 Å². The molecule has 1 unspecified atom stereocenters. The summed E-state index contributed by atoms with van der Waals surface area (Å²) >= 11 is 0. The van der Waals surface area contributed by atoms with E-state index in [-0.39, 0.29) is 29.9 Å². The Morgan fingerprint density at radius 3 is 2.74 bits per heavy atom. The van der Waals surface area contributed by atoms with E-state index in [1.165, 1.54) is 34.0 Å². The van der Waals surface area contributed by atoms with E-state index in [0.717, 1.165) is 11.8 Å². The molecule has 11 heteroatoms.